The number of hydrogen-bond acceptors (Lipinski definition) is 4. The highest BCUT2D eigenvalue weighted by atomic mass is 35.5. The van der Waals surface area contributed by atoms with Gasteiger partial charge in [0.05, 0.1) is 29.7 Å². The summed E-state index contributed by atoms with van der Waals surface area (Å²) in [7, 11) is 0. The molecule has 2 amide bonds. The van der Waals surface area contributed by atoms with Crippen molar-refractivity contribution in [3.05, 3.63) is 104 Å². The van der Waals surface area contributed by atoms with Crippen molar-refractivity contribution in [3.8, 4) is 0 Å². The second-order valence-corrected chi connectivity index (χ2v) is 9.30. The standard InChI is InChI=1S/C26H19ClF3N3O4/c1-25(22(34)31-23(35)37-25)17-4-2-3-16(11-17)14-33-21-12-18(26(28,29)30)7-10-20(21)32(24(33)36)13-15-5-8-19(27)9-6-15/h2-12H,13-14H2,1H3,(H,31,34,35)/t25-/m1/s1. The van der Waals surface area contributed by atoms with E-state index in [9.17, 15) is 27.6 Å². The zero-order valence-electron chi connectivity index (χ0n) is 19.3. The number of nitrogens with zero attached hydrogens (tertiary/aromatic N) is 2. The van der Waals surface area contributed by atoms with Gasteiger partial charge in [0.15, 0.2) is 0 Å². The highest BCUT2D eigenvalue weighted by Gasteiger charge is 2.46. The Kier molecular flexibility index (Phi) is 5.86. The molecule has 3 aromatic carbocycles. The summed E-state index contributed by atoms with van der Waals surface area (Å²) in [5.41, 5.74) is -0.879. The zero-order valence-corrected chi connectivity index (χ0v) is 20.1. The SMILES string of the molecule is C[C@]1(c2cccc(Cn3c(=O)n(Cc4ccc(Cl)cc4)c4ccc(C(F)(F)F)cc43)c2)OC(=O)NC1=O. The number of nitrogens with one attached hydrogen (secondary N) is 1. The van der Waals surface area contributed by atoms with E-state index >= 15 is 0 Å². The van der Waals surface area contributed by atoms with Crippen molar-refractivity contribution < 1.29 is 27.5 Å². The van der Waals surface area contributed by atoms with Crippen LogP contribution in [0.1, 0.15) is 29.2 Å². The molecule has 1 saturated heterocycles. The summed E-state index contributed by atoms with van der Waals surface area (Å²) in [6, 6.07) is 16.5. The molecule has 0 spiro atoms. The van der Waals surface area contributed by atoms with E-state index in [1.165, 1.54) is 22.1 Å². The van der Waals surface area contributed by atoms with E-state index in [1.807, 2.05) is 0 Å². The molecule has 1 aromatic heterocycles. The molecule has 0 bridgehead atoms. The van der Waals surface area contributed by atoms with Crippen LogP contribution in [0.2, 0.25) is 5.02 Å². The van der Waals surface area contributed by atoms with Crippen LogP contribution < -0.4 is 11.0 Å². The highest BCUT2D eigenvalue weighted by molar-refractivity contribution is 6.30. The number of imidazole rings is 1. The molecule has 4 aromatic rings. The summed E-state index contributed by atoms with van der Waals surface area (Å²) in [5, 5.41) is 2.60. The molecule has 37 heavy (non-hydrogen) atoms. The fraction of sp³-hybridized carbons (Fsp3) is 0.192. The summed E-state index contributed by atoms with van der Waals surface area (Å²) < 4.78 is 48.4. The molecule has 0 aliphatic carbocycles. The molecule has 1 fully saturated rings. The molecule has 190 valence electrons. The van der Waals surface area contributed by atoms with Crippen molar-refractivity contribution in [3.63, 3.8) is 0 Å². The van der Waals surface area contributed by atoms with Gasteiger partial charge in [0.2, 0.25) is 5.60 Å². The lowest BCUT2D eigenvalue weighted by Crippen LogP contribution is -2.33. The number of carbonyl (C=O) groups excluding carboxylic acids is 2. The quantitative estimate of drug-likeness (QED) is 0.392. The van der Waals surface area contributed by atoms with E-state index in [4.69, 9.17) is 16.3 Å². The van der Waals surface area contributed by atoms with Gasteiger partial charge < -0.3 is 4.74 Å². The molecule has 5 rings (SSSR count). The van der Waals surface area contributed by atoms with Crippen LogP contribution in [0.3, 0.4) is 0 Å². The molecule has 1 aliphatic heterocycles. The Morgan fingerprint density at radius 1 is 0.892 bits per heavy atom. The Balaban J connectivity index is 1.61. The third-order valence-electron chi connectivity index (χ3n) is 6.36. The number of rotatable bonds is 5. The lowest BCUT2D eigenvalue weighted by atomic mass is 9.94. The Morgan fingerprint density at radius 2 is 1.57 bits per heavy atom. The number of alkyl halides is 3. The molecule has 1 aliphatic rings. The van der Waals surface area contributed by atoms with E-state index < -0.39 is 35.0 Å². The maximum absolute atomic E-state index is 13.5. The van der Waals surface area contributed by atoms with Gasteiger partial charge in [-0.1, -0.05) is 41.9 Å². The number of amides is 2. The van der Waals surface area contributed by atoms with Crippen LogP contribution in [0.5, 0.6) is 0 Å². The summed E-state index contributed by atoms with van der Waals surface area (Å²) in [6.45, 7) is 1.48. The van der Waals surface area contributed by atoms with Crippen molar-refractivity contribution in [1.29, 1.82) is 0 Å². The van der Waals surface area contributed by atoms with Gasteiger partial charge in [0, 0.05) is 10.6 Å². The first kappa shape index (κ1) is 24.6. The molecular weight excluding hydrogens is 511 g/mol. The van der Waals surface area contributed by atoms with Crippen LogP contribution in [0.15, 0.2) is 71.5 Å². The number of aromatic nitrogens is 2. The Hall–Kier alpha value is -4.05. The fourth-order valence-electron chi connectivity index (χ4n) is 4.38. The Labute approximate surface area is 213 Å². The number of imide groups is 1. The lowest BCUT2D eigenvalue weighted by Gasteiger charge is -2.20. The van der Waals surface area contributed by atoms with Gasteiger partial charge in [-0.2, -0.15) is 13.2 Å². The molecule has 0 saturated carbocycles. The van der Waals surface area contributed by atoms with Gasteiger partial charge in [-0.25, -0.2) is 9.59 Å². The minimum Gasteiger partial charge on any atom is -0.428 e. The monoisotopic (exact) mass is 529 g/mol. The number of fused-ring (bicyclic) bond motifs is 1. The third kappa shape index (κ3) is 4.48. The summed E-state index contributed by atoms with van der Waals surface area (Å²) in [4.78, 5) is 37.4. The average molecular weight is 530 g/mol. The van der Waals surface area contributed by atoms with Crippen LogP contribution >= 0.6 is 11.6 Å². The molecular formula is C26H19ClF3N3O4. The molecule has 1 N–H and O–H groups in total. The van der Waals surface area contributed by atoms with E-state index in [-0.39, 0.29) is 18.6 Å². The number of benzene rings is 3. The van der Waals surface area contributed by atoms with Gasteiger partial charge >= 0.3 is 18.0 Å². The smallest absolute Gasteiger partial charge is 0.416 e. The first-order chi connectivity index (χ1) is 17.5. The normalized spacial score (nSPS) is 17.8. The number of cyclic esters (lactones) is 1. The third-order valence-corrected chi connectivity index (χ3v) is 6.62. The number of halogens is 4. The van der Waals surface area contributed by atoms with Gasteiger partial charge in [0.1, 0.15) is 0 Å². The number of ether oxygens (including phenoxy) is 1. The largest absolute Gasteiger partial charge is 0.428 e. The Morgan fingerprint density at radius 3 is 2.22 bits per heavy atom. The summed E-state index contributed by atoms with van der Waals surface area (Å²) >= 11 is 5.95. The van der Waals surface area contributed by atoms with Crippen molar-refractivity contribution in [2.24, 2.45) is 0 Å². The van der Waals surface area contributed by atoms with Crippen molar-refractivity contribution in [1.82, 2.24) is 14.5 Å². The molecule has 0 radical (unpaired) electrons. The molecule has 1 atom stereocenters. The average Bonchev–Trinajstić information content (AvgIpc) is 3.26. The number of hydrogen-bond donors (Lipinski definition) is 1. The zero-order chi connectivity index (χ0) is 26.5. The van der Waals surface area contributed by atoms with Gasteiger partial charge in [0.25, 0.3) is 5.91 Å². The highest BCUT2D eigenvalue weighted by Crippen LogP contribution is 2.33. The van der Waals surface area contributed by atoms with E-state index in [2.05, 4.69) is 5.32 Å². The maximum Gasteiger partial charge on any atom is 0.416 e. The topological polar surface area (TPSA) is 82.3 Å². The van der Waals surface area contributed by atoms with Crippen LogP contribution in [0.4, 0.5) is 18.0 Å². The summed E-state index contributed by atoms with van der Waals surface area (Å²) in [5.74, 6) is -0.638. The molecule has 2 heterocycles. The predicted octanol–water partition coefficient (Wildman–Crippen LogP) is 5.05. The van der Waals surface area contributed by atoms with Crippen molar-refractivity contribution in [2.75, 3.05) is 0 Å². The Bertz CT molecular complexity index is 1610. The van der Waals surface area contributed by atoms with Crippen LogP contribution in [0.25, 0.3) is 11.0 Å². The summed E-state index contributed by atoms with van der Waals surface area (Å²) in [6.07, 6.45) is -5.47. The lowest BCUT2D eigenvalue weighted by molar-refractivity contribution is -0.137. The van der Waals surface area contributed by atoms with Crippen molar-refractivity contribution >= 4 is 34.6 Å². The molecule has 0 unspecified atom stereocenters. The first-order valence-electron chi connectivity index (χ1n) is 11.1. The van der Waals surface area contributed by atoms with Crippen molar-refractivity contribution in [2.45, 2.75) is 31.8 Å². The van der Waals surface area contributed by atoms with Gasteiger partial charge in [-0.05, 0) is 54.4 Å². The second kappa shape index (κ2) is 8.81. The number of alkyl carbamates (subject to hydrolysis) is 1. The minimum absolute atomic E-state index is 0.0796. The van der Waals surface area contributed by atoms with E-state index in [0.717, 1.165) is 17.7 Å². The molecule has 7 nitrogen and oxygen atoms in total. The van der Waals surface area contributed by atoms with Crippen LogP contribution in [-0.2, 0) is 34.4 Å². The van der Waals surface area contributed by atoms with Gasteiger partial charge in [-0.3, -0.25) is 19.2 Å². The molecule has 11 heteroatoms. The first-order valence-corrected chi connectivity index (χ1v) is 11.5. The minimum atomic E-state index is -4.60. The fourth-order valence-corrected chi connectivity index (χ4v) is 4.51. The second-order valence-electron chi connectivity index (χ2n) is 8.86. The predicted molar refractivity (Wildman–Crippen MR) is 129 cm³/mol. The van der Waals surface area contributed by atoms with Gasteiger partial charge in [-0.15, -0.1) is 0 Å². The maximum atomic E-state index is 13.5. The van der Waals surface area contributed by atoms with E-state index in [0.29, 0.717) is 21.7 Å². The van der Waals surface area contributed by atoms with Crippen LogP contribution in [-0.4, -0.2) is 21.1 Å². The van der Waals surface area contributed by atoms with E-state index in [1.54, 1.807) is 48.5 Å². The number of carbonyl (C=O) groups is 2. The van der Waals surface area contributed by atoms with Crippen LogP contribution in [0, 0.1) is 0 Å².